The Labute approximate surface area is 86.7 Å². The molecule has 15 heavy (non-hydrogen) atoms. The van der Waals surface area contributed by atoms with Crippen molar-refractivity contribution in [3.05, 3.63) is 35.9 Å². The molecule has 0 spiro atoms. The zero-order valence-corrected chi connectivity index (χ0v) is 7.04. The molecule has 5 nitrogen and oxygen atoms in total. The number of aliphatic carboxylic acids is 1. The summed E-state index contributed by atoms with van der Waals surface area (Å²) >= 11 is 0. The molecular formula is C10H11NO4. The Hall–Kier alpha value is -2.17. The van der Waals surface area contributed by atoms with Gasteiger partial charge in [-0.2, -0.15) is 0 Å². The molecule has 0 saturated heterocycles. The van der Waals surface area contributed by atoms with Crippen LogP contribution in [0.1, 0.15) is 17.8 Å². The van der Waals surface area contributed by atoms with E-state index < -0.39 is 17.5 Å². The molecule has 1 rings (SSSR count). The van der Waals surface area contributed by atoms with Crippen molar-refractivity contribution in [3.63, 3.8) is 0 Å². The fourth-order valence-corrected chi connectivity index (χ4v) is 0.912. The molecule has 0 aliphatic carbocycles. The van der Waals surface area contributed by atoms with E-state index in [2.05, 4.69) is 5.16 Å². The zero-order chi connectivity index (χ0) is 10.6. The van der Waals surface area contributed by atoms with Gasteiger partial charge in [-0.1, -0.05) is 42.9 Å². The number of carbonyl (C=O) groups excluding carboxylic acids is 1. The van der Waals surface area contributed by atoms with E-state index in [9.17, 15) is 9.59 Å². The third kappa shape index (κ3) is 2.91. The van der Waals surface area contributed by atoms with E-state index in [1.165, 1.54) is 12.1 Å². The number of hydrogen-bond donors (Lipinski definition) is 2. The Morgan fingerprint density at radius 1 is 1.13 bits per heavy atom. The lowest BCUT2D eigenvalue weighted by Gasteiger charge is -1.97. The summed E-state index contributed by atoms with van der Waals surface area (Å²) < 4.78 is 0. The summed E-state index contributed by atoms with van der Waals surface area (Å²) in [7, 11) is 0. The predicted molar refractivity (Wildman–Crippen MR) is 54.4 cm³/mol. The minimum absolute atomic E-state index is 0. The van der Waals surface area contributed by atoms with Crippen LogP contribution < -0.4 is 0 Å². The molecule has 2 N–H and O–H groups in total. The first-order valence-electron chi connectivity index (χ1n) is 3.72. The van der Waals surface area contributed by atoms with Crippen molar-refractivity contribution in [1.29, 1.82) is 0 Å². The lowest BCUT2D eigenvalue weighted by atomic mass is 10.1. The quantitative estimate of drug-likeness (QED) is 0.259. The number of carbonyl (C=O) groups is 2. The van der Waals surface area contributed by atoms with E-state index in [0.717, 1.165) is 0 Å². The normalized spacial score (nSPS) is 10.3. The lowest BCUT2D eigenvalue weighted by Crippen LogP contribution is -2.23. The summed E-state index contributed by atoms with van der Waals surface area (Å²) in [4.78, 5) is 21.8. The molecule has 0 amide bonds. The van der Waals surface area contributed by atoms with Gasteiger partial charge < -0.3 is 10.3 Å². The van der Waals surface area contributed by atoms with Crippen LogP contribution in [0.4, 0.5) is 0 Å². The number of nitrogens with zero attached hydrogens (tertiary/aromatic N) is 1. The van der Waals surface area contributed by atoms with Gasteiger partial charge in [0.25, 0.3) is 0 Å². The second-order valence-electron chi connectivity index (χ2n) is 2.45. The maximum absolute atomic E-state index is 11.3. The van der Waals surface area contributed by atoms with Gasteiger partial charge in [0.2, 0.25) is 11.5 Å². The van der Waals surface area contributed by atoms with Crippen molar-refractivity contribution >= 4 is 17.5 Å². The van der Waals surface area contributed by atoms with Crippen LogP contribution in [0.2, 0.25) is 0 Å². The fourth-order valence-electron chi connectivity index (χ4n) is 0.912. The lowest BCUT2D eigenvalue weighted by molar-refractivity contribution is -0.129. The van der Waals surface area contributed by atoms with Crippen LogP contribution in [-0.2, 0) is 4.79 Å². The standard InChI is InChI=1S/C9H7NO4.CH4/c11-8(7(10-14)9(12)13)6-4-2-1-3-5-6;/h1-5,14H,(H,12,13);1H4. The molecule has 0 aliphatic heterocycles. The van der Waals surface area contributed by atoms with Crippen LogP contribution >= 0.6 is 0 Å². The van der Waals surface area contributed by atoms with Gasteiger partial charge in [0.05, 0.1) is 0 Å². The third-order valence-electron chi connectivity index (χ3n) is 1.55. The van der Waals surface area contributed by atoms with Crippen LogP contribution in [0.5, 0.6) is 0 Å². The van der Waals surface area contributed by atoms with Crippen LogP contribution in [-0.4, -0.2) is 27.8 Å². The summed E-state index contributed by atoms with van der Waals surface area (Å²) in [5.41, 5.74) is -0.723. The van der Waals surface area contributed by atoms with E-state index >= 15 is 0 Å². The van der Waals surface area contributed by atoms with Crippen molar-refractivity contribution < 1.29 is 19.9 Å². The first-order chi connectivity index (χ1) is 6.66. The van der Waals surface area contributed by atoms with Crippen LogP contribution in [0, 0.1) is 0 Å². The average Bonchev–Trinajstić information content (AvgIpc) is 2.19. The maximum atomic E-state index is 11.3. The highest BCUT2D eigenvalue weighted by atomic mass is 16.4. The summed E-state index contributed by atoms with van der Waals surface area (Å²) in [6.45, 7) is 0. The largest absolute Gasteiger partial charge is 0.476 e. The summed E-state index contributed by atoms with van der Waals surface area (Å²) in [6, 6.07) is 7.74. The molecule has 0 fully saturated rings. The molecule has 1 aromatic rings. The van der Waals surface area contributed by atoms with Gasteiger partial charge in [0, 0.05) is 5.56 Å². The zero-order valence-electron chi connectivity index (χ0n) is 7.04. The van der Waals surface area contributed by atoms with Crippen molar-refractivity contribution in [2.45, 2.75) is 7.43 Å². The minimum Gasteiger partial charge on any atom is -0.476 e. The monoisotopic (exact) mass is 209 g/mol. The number of carboxylic acid groups (broad SMARTS) is 1. The van der Waals surface area contributed by atoms with Crippen molar-refractivity contribution in [2.24, 2.45) is 5.16 Å². The molecule has 0 radical (unpaired) electrons. The Morgan fingerprint density at radius 3 is 2.07 bits per heavy atom. The van der Waals surface area contributed by atoms with Gasteiger partial charge in [-0.25, -0.2) is 4.79 Å². The molecule has 1 aromatic carbocycles. The first-order valence-corrected chi connectivity index (χ1v) is 3.72. The molecule has 0 saturated carbocycles. The van der Waals surface area contributed by atoms with E-state index in [-0.39, 0.29) is 13.0 Å². The summed E-state index contributed by atoms with van der Waals surface area (Å²) in [5, 5.41) is 19.2. The molecule has 5 heteroatoms. The van der Waals surface area contributed by atoms with E-state index in [1.807, 2.05) is 0 Å². The topological polar surface area (TPSA) is 87.0 Å². The highest BCUT2D eigenvalue weighted by Crippen LogP contribution is 2.01. The van der Waals surface area contributed by atoms with Crippen LogP contribution in [0.25, 0.3) is 0 Å². The van der Waals surface area contributed by atoms with Gasteiger partial charge in [-0.3, -0.25) is 4.79 Å². The van der Waals surface area contributed by atoms with Gasteiger partial charge in [-0.05, 0) is 0 Å². The number of carboxylic acids is 1. The highest BCUT2D eigenvalue weighted by Gasteiger charge is 2.21. The summed E-state index contributed by atoms with van der Waals surface area (Å²) in [5.74, 6) is -2.37. The molecule has 0 heterocycles. The number of oxime groups is 1. The van der Waals surface area contributed by atoms with E-state index in [1.54, 1.807) is 18.2 Å². The molecule has 0 bridgehead atoms. The SMILES string of the molecule is C.O=C(O)C(=NO)C(=O)c1ccccc1. The number of rotatable bonds is 3. The molecule has 80 valence electrons. The summed E-state index contributed by atoms with van der Waals surface area (Å²) in [6.07, 6.45) is 0. The number of benzene rings is 1. The van der Waals surface area contributed by atoms with Crippen molar-refractivity contribution in [3.8, 4) is 0 Å². The maximum Gasteiger partial charge on any atom is 0.362 e. The first kappa shape index (κ1) is 12.8. The Kier molecular flexibility index (Phi) is 4.74. The van der Waals surface area contributed by atoms with Crippen molar-refractivity contribution in [1.82, 2.24) is 0 Å². The molecule has 0 aromatic heterocycles. The van der Waals surface area contributed by atoms with Gasteiger partial charge in [0.1, 0.15) is 0 Å². The number of Topliss-reactive ketones (excluding diaryl/α,β-unsaturated/α-hetero) is 1. The van der Waals surface area contributed by atoms with Gasteiger partial charge in [0.15, 0.2) is 0 Å². The third-order valence-corrected chi connectivity index (χ3v) is 1.55. The molecule has 0 atom stereocenters. The number of hydrogen-bond acceptors (Lipinski definition) is 4. The van der Waals surface area contributed by atoms with Crippen LogP contribution in [0.3, 0.4) is 0 Å². The smallest absolute Gasteiger partial charge is 0.362 e. The molecular weight excluding hydrogens is 198 g/mol. The predicted octanol–water partition coefficient (Wildman–Crippen LogP) is 1.42. The van der Waals surface area contributed by atoms with E-state index in [4.69, 9.17) is 10.3 Å². The van der Waals surface area contributed by atoms with Crippen LogP contribution in [0.15, 0.2) is 35.5 Å². The number of ketones is 1. The second-order valence-corrected chi connectivity index (χ2v) is 2.45. The fraction of sp³-hybridized carbons (Fsp3) is 0.100. The Morgan fingerprint density at radius 2 is 1.67 bits per heavy atom. The Bertz CT molecular complexity index is 384. The Balaban J connectivity index is 0.00000196. The average molecular weight is 209 g/mol. The van der Waals surface area contributed by atoms with Gasteiger partial charge in [-0.15, -0.1) is 0 Å². The van der Waals surface area contributed by atoms with Gasteiger partial charge >= 0.3 is 5.97 Å². The second kappa shape index (κ2) is 5.54. The molecule has 0 unspecified atom stereocenters. The minimum atomic E-state index is -1.55. The molecule has 0 aliphatic rings. The van der Waals surface area contributed by atoms with E-state index in [0.29, 0.717) is 0 Å². The highest BCUT2D eigenvalue weighted by molar-refractivity contribution is 6.67. The van der Waals surface area contributed by atoms with Crippen molar-refractivity contribution in [2.75, 3.05) is 0 Å².